The van der Waals surface area contributed by atoms with Crippen molar-refractivity contribution in [2.45, 2.75) is 38.8 Å². The van der Waals surface area contributed by atoms with Crippen LogP contribution in [-0.2, 0) is 6.54 Å². The highest BCUT2D eigenvalue weighted by Crippen LogP contribution is 2.43. The average molecular weight is 520 g/mol. The number of primary amides is 1. The monoisotopic (exact) mass is 520 g/mol. The van der Waals surface area contributed by atoms with Crippen LogP contribution in [0.5, 0.6) is 5.75 Å². The number of carbonyl (C=O) groups is 1. The number of anilines is 1. The van der Waals surface area contributed by atoms with E-state index in [9.17, 15) is 22.8 Å². The van der Waals surface area contributed by atoms with Gasteiger partial charge in [0, 0.05) is 38.3 Å². The van der Waals surface area contributed by atoms with E-state index >= 15 is 4.39 Å². The lowest BCUT2D eigenvalue weighted by Gasteiger charge is -2.36. The Bertz CT molecular complexity index is 1430. The number of nitrogens with two attached hydrogens (primary N) is 1. The fraction of sp³-hybridized carbons (Fsp3) is 0.417. The maximum absolute atomic E-state index is 15.3. The number of nitrogens with zero attached hydrogens (tertiary/aromatic N) is 4. The Morgan fingerprint density at radius 1 is 1.19 bits per heavy atom. The third-order valence-corrected chi connectivity index (χ3v) is 6.68. The fourth-order valence-electron chi connectivity index (χ4n) is 4.63. The predicted octanol–water partition coefficient (Wildman–Crippen LogP) is 2.80. The summed E-state index contributed by atoms with van der Waals surface area (Å²) in [5.74, 6) is -2.53. The molecule has 1 aliphatic heterocycles. The van der Waals surface area contributed by atoms with Crippen LogP contribution < -0.4 is 20.9 Å². The maximum atomic E-state index is 15.3. The number of hydrogen-bond acceptors (Lipinski definition) is 7. The van der Waals surface area contributed by atoms with Gasteiger partial charge < -0.3 is 20.4 Å². The van der Waals surface area contributed by atoms with E-state index in [0.29, 0.717) is 31.7 Å². The molecule has 13 heteroatoms. The molecule has 2 aliphatic rings. The van der Waals surface area contributed by atoms with Crippen LogP contribution in [-0.4, -0.2) is 58.5 Å². The second-order valence-corrected chi connectivity index (χ2v) is 9.24. The molecule has 3 heterocycles. The van der Waals surface area contributed by atoms with Gasteiger partial charge in [-0.05, 0) is 43.4 Å². The molecule has 0 radical (unpaired) electrons. The van der Waals surface area contributed by atoms with Crippen LogP contribution in [0, 0.1) is 18.7 Å². The number of alkyl halides is 2. The lowest BCUT2D eigenvalue weighted by Crippen LogP contribution is -2.46. The van der Waals surface area contributed by atoms with Crippen molar-refractivity contribution in [3.63, 3.8) is 0 Å². The van der Waals surface area contributed by atoms with E-state index in [2.05, 4.69) is 19.7 Å². The largest absolute Gasteiger partial charge is 0.432 e. The molecule has 0 atom stereocenters. The number of halogens is 4. The Morgan fingerprint density at radius 2 is 1.89 bits per heavy atom. The second kappa shape index (κ2) is 9.61. The molecular weight excluding hydrogens is 496 g/mol. The van der Waals surface area contributed by atoms with Crippen LogP contribution in [0.1, 0.15) is 46.1 Å². The number of aromatic amines is 1. The van der Waals surface area contributed by atoms with Gasteiger partial charge in [-0.1, -0.05) is 0 Å². The predicted molar refractivity (Wildman–Crippen MR) is 126 cm³/mol. The van der Waals surface area contributed by atoms with Gasteiger partial charge in [0.1, 0.15) is 22.4 Å². The number of aryl methyl sites for hydroxylation is 1. The number of ether oxygens (including phenoxy) is 1. The molecule has 1 aromatic carbocycles. The highest BCUT2D eigenvalue weighted by atomic mass is 19.3. The van der Waals surface area contributed by atoms with Gasteiger partial charge >= 0.3 is 6.61 Å². The quantitative estimate of drug-likeness (QED) is 0.363. The smallest absolute Gasteiger partial charge is 0.387 e. The van der Waals surface area contributed by atoms with Gasteiger partial charge in [0.25, 0.3) is 11.5 Å². The molecule has 5 rings (SSSR count). The molecule has 37 heavy (non-hydrogen) atoms. The van der Waals surface area contributed by atoms with Crippen molar-refractivity contribution in [1.82, 2.24) is 19.9 Å². The van der Waals surface area contributed by atoms with Crippen molar-refractivity contribution in [3.8, 4) is 5.75 Å². The van der Waals surface area contributed by atoms with Crippen molar-refractivity contribution < 1.29 is 27.1 Å². The summed E-state index contributed by atoms with van der Waals surface area (Å²) in [4.78, 5) is 37.5. The summed E-state index contributed by atoms with van der Waals surface area (Å²) in [6, 6.07) is 2.80. The van der Waals surface area contributed by atoms with Crippen LogP contribution in [0.25, 0.3) is 11.0 Å². The Labute approximate surface area is 208 Å². The number of nitrogens with one attached hydrogen (secondary N) is 1. The second-order valence-electron chi connectivity index (χ2n) is 9.24. The Morgan fingerprint density at radius 3 is 2.51 bits per heavy atom. The molecule has 1 saturated heterocycles. The summed E-state index contributed by atoms with van der Waals surface area (Å²) in [5.41, 5.74) is 5.15. The van der Waals surface area contributed by atoms with Gasteiger partial charge in [-0.3, -0.25) is 14.5 Å². The molecule has 3 N–H and O–H groups in total. The van der Waals surface area contributed by atoms with Gasteiger partial charge in [-0.2, -0.15) is 13.2 Å². The SMILES string of the molecule is Cc1nc2c(OC(F)F)cc(CN3CCN(c4cc(C5CC5)c(C(N)=O)nc4F)CC3)c(F)c2[nH]c1=O. The zero-order valence-corrected chi connectivity index (χ0v) is 19.9. The zero-order chi connectivity index (χ0) is 26.4. The lowest BCUT2D eigenvalue weighted by atomic mass is 10.1. The van der Waals surface area contributed by atoms with E-state index in [1.165, 1.54) is 6.92 Å². The van der Waals surface area contributed by atoms with Crippen LogP contribution in [0.15, 0.2) is 16.9 Å². The van der Waals surface area contributed by atoms with Crippen molar-refractivity contribution in [2.24, 2.45) is 5.73 Å². The highest BCUT2D eigenvalue weighted by molar-refractivity contribution is 5.93. The first-order valence-corrected chi connectivity index (χ1v) is 11.8. The fourth-order valence-corrected chi connectivity index (χ4v) is 4.63. The van der Waals surface area contributed by atoms with Crippen LogP contribution in [0.4, 0.5) is 23.2 Å². The first-order valence-electron chi connectivity index (χ1n) is 11.8. The van der Waals surface area contributed by atoms with Crippen LogP contribution in [0.3, 0.4) is 0 Å². The summed E-state index contributed by atoms with van der Waals surface area (Å²) in [6.07, 6.45) is 1.77. The molecular formula is C24H24F4N6O3. The van der Waals surface area contributed by atoms with Crippen molar-refractivity contribution in [3.05, 3.63) is 56.8 Å². The van der Waals surface area contributed by atoms with E-state index in [1.54, 1.807) is 11.0 Å². The molecule has 1 amide bonds. The summed E-state index contributed by atoms with van der Waals surface area (Å²) < 4.78 is 60.7. The Kier molecular flexibility index (Phi) is 6.48. The number of piperazine rings is 1. The summed E-state index contributed by atoms with van der Waals surface area (Å²) in [6.45, 7) is -0.174. The molecule has 196 valence electrons. The Hall–Kier alpha value is -3.74. The molecule has 2 fully saturated rings. The minimum absolute atomic E-state index is 0.00897. The summed E-state index contributed by atoms with van der Waals surface area (Å²) in [5, 5.41) is 0. The minimum Gasteiger partial charge on any atom is -0.432 e. The van der Waals surface area contributed by atoms with Gasteiger partial charge in [-0.25, -0.2) is 14.4 Å². The van der Waals surface area contributed by atoms with Crippen LogP contribution in [0.2, 0.25) is 0 Å². The van der Waals surface area contributed by atoms with E-state index in [4.69, 9.17) is 5.73 Å². The number of H-pyrrole nitrogens is 1. The number of aromatic nitrogens is 3. The first-order chi connectivity index (χ1) is 17.6. The number of fused-ring (bicyclic) bond motifs is 1. The first kappa shape index (κ1) is 24.9. The van der Waals surface area contributed by atoms with Gasteiger partial charge in [0.05, 0.1) is 5.69 Å². The van der Waals surface area contributed by atoms with E-state index in [-0.39, 0.29) is 51.9 Å². The Balaban J connectivity index is 1.37. The lowest BCUT2D eigenvalue weighted by molar-refractivity contribution is -0.0490. The van der Waals surface area contributed by atoms with Crippen LogP contribution >= 0.6 is 0 Å². The van der Waals surface area contributed by atoms with Gasteiger partial charge in [0.2, 0.25) is 5.95 Å². The average Bonchev–Trinajstić information content (AvgIpc) is 3.69. The minimum atomic E-state index is -3.16. The zero-order valence-electron chi connectivity index (χ0n) is 19.9. The third kappa shape index (κ3) is 4.95. The molecule has 2 aromatic heterocycles. The molecule has 0 spiro atoms. The summed E-state index contributed by atoms with van der Waals surface area (Å²) >= 11 is 0. The van der Waals surface area contributed by atoms with Crippen molar-refractivity contribution in [2.75, 3.05) is 31.1 Å². The number of carbonyl (C=O) groups excluding carboxylic acids is 1. The molecule has 0 bridgehead atoms. The standard InChI is InChI=1S/C24H24F4N6O3/c1-11-23(36)32-20-17(25)13(8-16(19(20)30-11)37-24(27)28)10-33-4-6-34(7-5-33)15-9-14(12-2-3-12)18(22(29)35)31-21(15)26/h8-9,12,24H,2-7,10H2,1H3,(H2,29,35)(H,32,36). The molecule has 1 saturated carbocycles. The highest BCUT2D eigenvalue weighted by Gasteiger charge is 2.32. The van der Waals surface area contributed by atoms with Gasteiger partial charge in [0.15, 0.2) is 11.6 Å². The number of benzene rings is 1. The normalized spacial score (nSPS) is 16.5. The molecule has 3 aromatic rings. The summed E-state index contributed by atoms with van der Waals surface area (Å²) in [7, 11) is 0. The number of rotatable bonds is 7. The maximum Gasteiger partial charge on any atom is 0.387 e. The topological polar surface area (TPSA) is 117 Å². The number of hydrogen-bond donors (Lipinski definition) is 2. The molecule has 1 aliphatic carbocycles. The third-order valence-electron chi connectivity index (χ3n) is 6.68. The van der Waals surface area contributed by atoms with E-state index in [0.717, 1.165) is 18.9 Å². The number of amides is 1. The molecule has 9 nitrogen and oxygen atoms in total. The van der Waals surface area contributed by atoms with E-state index in [1.807, 2.05) is 4.90 Å². The van der Waals surface area contributed by atoms with Crippen molar-refractivity contribution in [1.29, 1.82) is 0 Å². The molecule has 0 unspecified atom stereocenters. The van der Waals surface area contributed by atoms with Crippen molar-refractivity contribution >= 4 is 22.6 Å². The van der Waals surface area contributed by atoms with E-state index < -0.39 is 29.8 Å². The van der Waals surface area contributed by atoms with Gasteiger partial charge in [-0.15, -0.1) is 0 Å². The number of pyridine rings is 1.